The molecule has 4 nitrogen and oxygen atoms in total. The van der Waals surface area contributed by atoms with Crippen molar-refractivity contribution < 1.29 is 27.8 Å². The van der Waals surface area contributed by atoms with Crippen LogP contribution in [0.2, 0.25) is 0 Å². The number of alkyl halides is 3. The average Bonchev–Trinajstić information content (AvgIpc) is 2.33. The van der Waals surface area contributed by atoms with Crippen LogP contribution in [0.15, 0.2) is 0 Å². The van der Waals surface area contributed by atoms with Crippen molar-refractivity contribution in [2.24, 2.45) is 0 Å². The molecule has 0 bridgehead atoms. The molecule has 112 valence electrons. The molecule has 0 aliphatic heterocycles. The molecule has 0 saturated heterocycles. The predicted molar refractivity (Wildman–Crippen MR) is 62.9 cm³/mol. The fourth-order valence-corrected chi connectivity index (χ4v) is 2.42. The summed E-state index contributed by atoms with van der Waals surface area (Å²) in [6, 6.07) is 0. The lowest BCUT2D eigenvalue weighted by molar-refractivity contribution is -0.149. The molecule has 1 fully saturated rings. The quantitative estimate of drug-likeness (QED) is 0.735. The first-order valence-corrected chi connectivity index (χ1v) is 6.40. The van der Waals surface area contributed by atoms with E-state index in [2.05, 4.69) is 5.32 Å². The van der Waals surface area contributed by atoms with Crippen molar-refractivity contribution in [3.05, 3.63) is 0 Å². The maximum Gasteiger partial charge on any atom is 0.389 e. The second-order valence-electron chi connectivity index (χ2n) is 4.95. The van der Waals surface area contributed by atoms with Crippen molar-refractivity contribution in [3.63, 3.8) is 0 Å². The molecular formula is C12H20F3NO3. The van der Waals surface area contributed by atoms with Crippen LogP contribution in [-0.2, 0) is 9.53 Å². The molecule has 7 heteroatoms. The minimum absolute atomic E-state index is 0.0175. The van der Waals surface area contributed by atoms with Crippen LogP contribution >= 0.6 is 0 Å². The van der Waals surface area contributed by atoms with Crippen LogP contribution in [0.3, 0.4) is 0 Å². The van der Waals surface area contributed by atoms with Gasteiger partial charge in [0.15, 0.2) is 0 Å². The molecule has 2 N–H and O–H groups in total. The number of halogens is 3. The number of likely N-dealkylation sites (N-methyl/N-ethyl adjacent to an activating group) is 1. The molecule has 1 aliphatic rings. The Morgan fingerprint density at radius 3 is 2.74 bits per heavy atom. The number of aliphatic carboxylic acids is 1. The molecule has 0 radical (unpaired) electrons. The summed E-state index contributed by atoms with van der Waals surface area (Å²) in [4.78, 5) is 11.2. The van der Waals surface area contributed by atoms with Crippen LogP contribution in [0, 0.1) is 0 Å². The molecule has 1 saturated carbocycles. The first-order valence-electron chi connectivity index (χ1n) is 6.40. The number of hydrogen-bond donors (Lipinski definition) is 2. The zero-order valence-electron chi connectivity index (χ0n) is 10.9. The molecule has 2 atom stereocenters. The van der Waals surface area contributed by atoms with E-state index in [1.54, 1.807) is 7.05 Å². The molecule has 0 spiro atoms. The number of carbonyl (C=O) groups is 1. The van der Waals surface area contributed by atoms with E-state index in [9.17, 15) is 23.1 Å². The molecule has 0 aromatic carbocycles. The van der Waals surface area contributed by atoms with Crippen molar-refractivity contribution in [1.82, 2.24) is 5.32 Å². The van der Waals surface area contributed by atoms with Crippen LogP contribution < -0.4 is 5.32 Å². The van der Waals surface area contributed by atoms with E-state index in [1.165, 1.54) is 0 Å². The van der Waals surface area contributed by atoms with Gasteiger partial charge in [0, 0.05) is 19.4 Å². The molecule has 1 aliphatic carbocycles. The van der Waals surface area contributed by atoms with Gasteiger partial charge in [0.2, 0.25) is 0 Å². The largest absolute Gasteiger partial charge is 0.480 e. The molecule has 0 aromatic rings. The van der Waals surface area contributed by atoms with Crippen molar-refractivity contribution in [3.8, 4) is 0 Å². The SMILES string of the molecule is CNC1(C(=O)O)CCCC(OCCCC(F)(F)F)C1. The van der Waals surface area contributed by atoms with Gasteiger partial charge in [-0.25, -0.2) is 0 Å². The van der Waals surface area contributed by atoms with Crippen LogP contribution in [0.25, 0.3) is 0 Å². The van der Waals surface area contributed by atoms with E-state index in [1.807, 2.05) is 0 Å². The van der Waals surface area contributed by atoms with Crippen molar-refractivity contribution in [2.45, 2.75) is 56.3 Å². The minimum atomic E-state index is -4.16. The first-order chi connectivity index (χ1) is 8.79. The van der Waals surface area contributed by atoms with Gasteiger partial charge in [0.05, 0.1) is 6.10 Å². The van der Waals surface area contributed by atoms with E-state index < -0.39 is 24.1 Å². The maximum atomic E-state index is 12.0. The summed E-state index contributed by atoms with van der Waals surface area (Å²) in [5, 5.41) is 12.0. The lowest BCUT2D eigenvalue weighted by Gasteiger charge is -2.37. The number of hydrogen-bond acceptors (Lipinski definition) is 3. The van der Waals surface area contributed by atoms with E-state index >= 15 is 0 Å². The summed E-state index contributed by atoms with van der Waals surface area (Å²) in [7, 11) is 1.58. The van der Waals surface area contributed by atoms with E-state index in [0.717, 1.165) is 0 Å². The van der Waals surface area contributed by atoms with Crippen molar-refractivity contribution in [1.29, 1.82) is 0 Å². The molecule has 0 heterocycles. The monoisotopic (exact) mass is 283 g/mol. The minimum Gasteiger partial charge on any atom is -0.480 e. The highest BCUT2D eigenvalue weighted by Crippen LogP contribution is 2.30. The highest BCUT2D eigenvalue weighted by Gasteiger charge is 2.42. The summed E-state index contributed by atoms with van der Waals surface area (Å²) in [6.45, 7) is 0.0175. The van der Waals surface area contributed by atoms with Crippen LogP contribution in [0.4, 0.5) is 13.2 Å². The van der Waals surface area contributed by atoms with Gasteiger partial charge in [-0.2, -0.15) is 13.2 Å². The first kappa shape index (κ1) is 16.2. The fraction of sp³-hybridized carbons (Fsp3) is 0.917. The van der Waals surface area contributed by atoms with Crippen molar-refractivity contribution in [2.75, 3.05) is 13.7 Å². The normalized spacial score (nSPS) is 28.3. The topological polar surface area (TPSA) is 58.6 Å². The Morgan fingerprint density at radius 2 is 2.21 bits per heavy atom. The van der Waals surface area contributed by atoms with E-state index in [-0.39, 0.29) is 19.1 Å². The molecule has 0 aromatic heterocycles. The highest BCUT2D eigenvalue weighted by atomic mass is 19.4. The summed E-state index contributed by atoms with van der Waals surface area (Å²) >= 11 is 0. The van der Waals surface area contributed by atoms with Gasteiger partial charge >= 0.3 is 12.1 Å². The standard InChI is InChI=1S/C12H20F3NO3/c1-16-11(10(17)18)5-2-4-9(8-11)19-7-3-6-12(13,14)15/h9,16H,2-8H2,1H3,(H,17,18). The summed E-state index contributed by atoms with van der Waals surface area (Å²) in [5.41, 5.74) is -1.01. The fourth-order valence-electron chi connectivity index (χ4n) is 2.42. The number of ether oxygens (including phenoxy) is 1. The van der Waals surface area contributed by atoms with Gasteiger partial charge in [0.25, 0.3) is 0 Å². The maximum absolute atomic E-state index is 12.0. The molecule has 1 rings (SSSR count). The Balaban J connectivity index is 2.37. The molecule has 2 unspecified atom stereocenters. The zero-order valence-corrected chi connectivity index (χ0v) is 10.9. The third-order valence-electron chi connectivity index (χ3n) is 3.55. The Hall–Kier alpha value is -0.820. The van der Waals surface area contributed by atoms with Gasteiger partial charge in [-0.3, -0.25) is 4.79 Å². The molecule has 19 heavy (non-hydrogen) atoms. The Bertz CT molecular complexity index is 309. The summed E-state index contributed by atoms with van der Waals surface area (Å²) < 4.78 is 41.3. The van der Waals surface area contributed by atoms with Crippen LogP contribution in [0.5, 0.6) is 0 Å². The van der Waals surface area contributed by atoms with Gasteiger partial charge in [0.1, 0.15) is 5.54 Å². The third-order valence-corrected chi connectivity index (χ3v) is 3.55. The third kappa shape index (κ3) is 4.99. The lowest BCUT2D eigenvalue weighted by Crippen LogP contribution is -2.54. The van der Waals surface area contributed by atoms with Gasteiger partial charge in [-0.15, -0.1) is 0 Å². The second kappa shape index (κ2) is 6.56. The number of rotatable bonds is 6. The summed E-state index contributed by atoms with van der Waals surface area (Å²) in [6.07, 6.45) is -3.20. The Morgan fingerprint density at radius 1 is 1.53 bits per heavy atom. The van der Waals surface area contributed by atoms with Crippen LogP contribution in [0.1, 0.15) is 38.5 Å². The number of carboxylic acid groups (broad SMARTS) is 1. The molecular weight excluding hydrogens is 263 g/mol. The van der Waals surface area contributed by atoms with Gasteiger partial charge < -0.3 is 15.2 Å². The zero-order chi connectivity index (χ0) is 14.5. The highest BCUT2D eigenvalue weighted by molar-refractivity contribution is 5.79. The smallest absolute Gasteiger partial charge is 0.389 e. The van der Waals surface area contributed by atoms with Gasteiger partial charge in [-0.05, 0) is 32.7 Å². The van der Waals surface area contributed by atoms with E-state index in [0.29, 0.717) is 25.7 Å². The Kier molecular flexibility index (Phi) is 5.61. The molecule has 0 amide bonds. The van der Waals surface area contributed by atoms with Crippen LogP contribution in [-0.4, -0.2) is 42.5 Å². The summed E-state index contributed by atoms with van der Waals surface area (Å²) in [5.74, 6) is -0.932. The lowest BCUT2D eigenvalue weighted by atomic mass is 9.80. The number of carboxylic acids is 1. The average molecular weight is 283 g/mol. The predicted octanol–water partition coefficient (Wildman–Crippen LogP) is 2.33. The van der Waals surface area contributed by atoms with Gasteiger partial charge in [-0.1, -0.05) is 0 Å². The van der Waals surface area contributed by atoms with Crippen molar-refractivity contribution >= 4 is 5.97 Å². The Labute approximate surface area is 110 Å². The second-order valence-corrected chi connectivity index (χ2v) is 4.95. The van der Waals surface area contributed by atoms with E-state index in [4.69, 9.17) is 4.74 Å². The number of nitrogens with one attached hydrogen (secondary N) is 1.